The monoisotopic (exact) mass is 914 g/mol. The quantitative estimate of drug-likeness (QED) is 0.128. The fraction of sp³-hybridized carbons (Fsp3) is 0. The number of rotatable bonds is 10. The molecule has 0 amide bonds. The summed E-state index contributed by atoms with van der Waals surface area (Å²) in [5, 5.41) is 2.41. The molecule has 2 heteroatoms. The topological polar surface area (TPSA) is 25.8 Å². The van der Waals surface area contributed by atoms with Crippen LogP contribution in [-0.2, 0) is 0 Å². The second kappa shape index (κ2) is 18.4. The van der Waals surface area contributed by atoms with Gasteiger partial charge in [0.15, 0.2) is 0 Å². The van der Waals surface area contributed by atoms with Gasteiger partial charge in [-0.1, -0.05) is 279 Å². The Morgan fingerprint density at radius 2 is 0.472 bits per heavy atom. The van der Waals surface area contributed by atoms with E-state index in [1.807, 2.05) is 0 Å². The number of hydrogen-bond donors (Lipinski definition) is 0. The minimum Gasteiger partial charge on any atom is -0.243 e. The smallest absolute Gasteiger partial charge is 0.0980 e. The lowest BCUT2D eigenvalue weighted by Gasteiger charge is -2.19. The zero-order valence-electron chi connectivity index (χ0n) is 39.5. The maximum absolute atomic E-state index is 5.67. The Labute approximate surface area is 420 Å². The molecule has 0 aliphatic heterocycles. The normalized spacial score (nSPS) is 11.3. The molecule has 72 heavy (non-hydrogen) atoms. The van der Waals surface area contributed by atoms with E-state index in [0.717, 1.165) is 78.1 Å². The number of benzene rings is 11. The standard InChI is InChI=1S/C70H46N2/c1-7-21-49(22-8-1)62(50-23-9-2-10-24-50)64(53-29-15-5-16-30-53)56-41-37-47(38-42-56)58-45-46-59(68-67(58)71-69-60-35-19-33-55-34-20-36-61(66(55)60)70(69)72-68)48-39-43-57(44-40-48)65(54-31-17-6-18-32-54)63(51-25-11-3-12-26-51)52-27-13-4-14-28-52/h1-46H. The van der Waals surface area contributed by atoms with Gasteiger partial charge in [0, 0.05) is 27.6 Å². The Balaban J connectivity index is 0.989. The van der Waals surface area contributed by atoms with Gasteiger partial charge in [0.25, 0.3) is 0 Å². The highest BCUT2D eigenvalue weighted by Gasteiger charge is 2.27. The van der Waals surface area contributed by atoms with Crippen LogP contribution in [0.1, 0.15) is 44.5 Å². The first-order valence-electron chi connectivity index (χ1n) is 24.6. The number of hydrogen-bond acceptors (Lipinski definition) is 2. The number of aromatic nitrogens is 2. The van der Waals surface area contributed by atoms with Gasteiger partial charge in [-0.2, -0.15) is 0 Å². The highest BCUT2D eigenvalue weighted by molar-refractivity contribution is 6.16. The number of nitrogens with zero attached hydrogens (tertiary/aromatic N) is 2. The van der Waals surface area contributed by atoms with E-state index in [1.54, 1.807) is 0 Å². The van der Waals surface area contributed by atoms with Gasteiger partial charge in [0.1, 0.15) is 0 Å². The van der Waals surface area contributed by atoms with Crippen LogP contribution in [0.25, 0.3) is 88.9 Å². The highest BCUT2D eigenvalue weighted by Crippen LogP contribution is 2.48. The van der Waals surface area contributed by atoms with Crippen LogP contribution >= 0.6 is 0 Å². The molecule has 1 aliphatic rings. The van der Waals surface area contributed by atoms with Gasteiger partial charge < -0.3 is 0 Å². The predicted octanol–water partition coefficient (Wildman–Crippen LogP) is 17.8. The molecule has 1 aliphatic carbocycles. The lowest BCUT2D eigenvalue weighted by molar-refractivity contribution is 1.32. The Morgan fingerprint density at radius 3 is 0.750 bits per heavy atom. The first-order valence-corrected chi connectivity index (χ1v) is 24.6. The molecule has 0 unspecified atom stereocenters. The van der Waals surface area contributed by atoms with Gasteiger partial charge in [-0.05, 0) is 83.3 Å². The Hall–Kier alpha value is -9.50. The van der Waals surface area contributed by atoms with E-state index < -0.39 is 0 Å². The average Bonchev–Trinajstić information content (AvgIpc) is 3.77. The third kappa shape index (κ3) is 7.63. The Morgan fingerprint density at radius 1 is 0.208 bits per heavy atom. The zero-order chi connectivity index (χ0) is 47.8. The summed E-state index contributed by atoms with van der Waals surface area (Å²) in [6.07, 6.45) is 0. The maximum Gasteiger partial charge on any atom is 0.0980 e. The van der Waals surface area contributed by atoms with Gasteiger partial charge in [-0.15, -0.1) is 0 Å². The second-order valence-electron chi connectivity index (χ2n) is 18.3. The molecule has 1 heterocycles. The molecule has 0 atom stereocenters. The van der Waals surface area contributed by atoms with Crippen LogP contribution in [0.4, 0.5) is 0 Å². The molecule has 0 radical (unpaired) electrons. The second-order valence-corrected chi connectivity index (χ2v) is 18.3. The SMILES string of the molecule is c1ccc(C(=C(c2ccccc2)c2ccc(-c3ccc(-c4ccc(C(=C(c5ccccc5)c5ccccc5)c5ccccc5)cc4)c4nc5c(nc34)-c3cccc4cccc-5c34)cc2)c2ccccc2)cc1. The molecule has 336 valence electrons. The van der Waals surface area contributed by atoms with Gasteiger partial charge in [0.2, 0.25) is 0 Å². The van der Waals surface area contributed by atoms with Crippen molar-refractivity contribution in [1.82, 2.24) is 9.97 Å². The lowest BCUT2D eigenvalue weighted by atomic mass is 9.85. The molecule has 0 fully saturated rings. The van der Waals surface area contributed by atoms with E-state index in [4.69, 9.17) is 9.97 Å². The molecule has 12 aromatic rings. The summed E-state index contributed by atoms with van der Waals surface area (Å²) in [6, 6.07) is 100. The fourth-order valence-corrected chi connectivity index (χ4v) is 10.8. The van der Waals surface area contributed by atoms with E-state index in [0.29, 0.717) is 0 Å². The predicted molar refractivity (Wildman–Crippen MR) is 301 cm³/mol. The molecular formula is C70H46N2. The van der Waals surface area contributed by atoms with Crippen LogP contribution in [-0.4, -0.2) is 9.97 Å². The van der Waals surface area contributed by atoms with Crippen molar-refractivity contribution in [3.05, 3.63) is 324 Å². The van der Waals surface area contributed by atoms with E-state index in [-0.39, 0.29) is 0 Å². The van der Waals surface area contributed by atoms with Crippen molar-refractivity contribution in [3.8, 4) is 44.8 Å². The van der Waals surface area contributed by atoms with Gasteiger partial charge in [-0.3, -0.25) is 0 Å². The molecule has 0 saturated heterocycles. The Bertz CT molecular complexity index is 3650. The van der Waals surface area contributed by atoms with Crippen molar-refractivity contribution in [2.45, 2.75) is 0 Å². The summed E-state index contributed by atoms with van der Waals surface area (Å²) < 4.78 is 0. The molecule has 0 saturated carbocycles. The van der Waals surface area contributed by atoms with Crippen LogP contribution in [0.2, 0.25) is 0 Å². The summed E-state index contributed by atoms with van der Waals surface area (Å²) in [6.45, 7) is 0. The minimum absolute atomic E-state index is 0.876. The summed E-state index contributed by atoms with van der Waals surface area (Å²) in [4.78, 5) is 11.3. The molecule has 0 N–H and O–H groups in total. The van der Waals surface area contributed by atoms with Crippen molar-refractivity contribution in [3.63, 3.8) is 0 Å². The van der Waals surface area contributed by atoms with Crippen LogP contribution in [0.5, 0.6) is 0 Å². The average molecular weight is 915 g/mol. The van der Waals surface area contributed by atoms with Gasteiger partial charge in [-0.25, -0.2) is 9.97 Å². The first kappa shape index (κ1) is 42.6. The Kier molecular flexibility index (Phi) is 10.9. The van der Waals surface area contributed by atoms with E-state index in [2.05, 4.69) is 279 Å². The molecule has 0 spiro atoms. The highest BCUT2D eigenvalue weighted by atomic mass is 14.8. The number of fused-ring (bicyclic) bond motifs is 4. The molecule has 1 aromatic heterocycles. The largest absolute Gasteiger partial charge is 0.243 e. The van der Waals surface area contributed by atoms with E-state index in [9.17, 15) is 0 Å². The van der Waals surface area contributed by atoms with E-state index >= 15 is 0 Å². The summed E-state index contributed by atoms with van der Waals surface area (Å²) in [5.74, 6) is 0. The van der Waals surface area contributed by atoms with Crippen LogP contribution < -0.4 is 0 Å². The summed E-state index contributed by atoms with van der Waals surface area (Å²) in [5.41, 5.74) is 24.1. The van der Waals surface area contributed by atoms with Crippen LogP contribution in [0.3, 0.4) is 0 Å². The van der Waals surface area contributed by atoms with Crippen molar-refractivity contribution in [2.75, 3.05) is 0 Å². The minimum atomic E-state index is 0.876. The van der Waals surface area contributed by atoms with Crippen LogP contribution in [0, 0.1) is 0 Å². The van der Waals surface area contributed by atoms with E-state index in [1.165, 1.54) is 55.3 Å². The molecule has 0 bridgehead atoms. The van der Waals surface area contributed by atoms with Crippen LogP contribution in [0.15, 0.2) is 279 Å². The fourth-order valence-electron chi connectivity index (χ4n) is 10.8. The summed E-state index contributed by atoms with van der Waals surface area (Å²) in [7, 11) is 0. The van der Waals surface area contributed by atoms with Crippen molar-refractivity contribution in [2.24, 2.45) is 0 Å². The molecule has 13 rings (SSSR count). The van der Waals surface area contributed by atoms with Crippen molar-refractivity contribution in [1.29, 1.82) is 0 Å². The zero-order valence-corrected chi connectivity index (χ0v) is 39.5. The third-order valence-electron chi connectivity index (χ3n) is 14.1. The molecule has 11 aromatic carbocycles. The summed E-state index contributed by atoms with van der Waals surface area (Å²) >= 11 is 0. The van der Waals surface area contributed by atoms with Gasteiger partial charge >= 0.3 is 0 Å². The first-order chi connectivity index (χ1) is 35.7. The third-order valence-corrected chi connectivity index (χ3v) is 14.1. The lowest BCUT2D eigenvalue weighted by Crippen LogP contribution is -1.98. The molecule has 2 nitrogen and oxygen atoms in total. The maximum atomic E-state index is 5.67. The van der Waals surface area contributed by atoms with Crippen molar-refractivity contribution < 1.29 is 0 Å². The molecular weight excluding hydrogens is 869 g/mol. The van der Waals surface area contributed by atoms with Gasteiger partial charge in [0.05, 0.1) is 22.4 Å². The van der Waals surface area contributed by atoms with Crippen molar-refractivity contribution >= 4 is 44.1 Å².